The molecule has 3 aliphatic heterocycles. The number of fused-ring (bicyclic) bond motifs is 1. The molecule has 1 saturated carbocycles. The maximum Gasteiger partial charge on any atom is 0.237 e. The Morgan fingerprint density at radius 2 is 1.88 bits per heavy atom. The summed E-state index contributed by atoms with van der Waals surface area (Å²) in [5, 5.41) is 13.6. The molecule has 0 aromatic rings. The first-order chi connectivity index (χ1) is 16.2. The molecular weight excluding hydrogens is 422 g/mol. The summed E-state index contributed by atoms with van der Waals surface area (Å²) in [5.74, 6) is 0.788. The van der Waals surface area contributed by atoms with Crippen LogP contribution in [0, 0.1) is 11.8 Å². The Bertz CT molecular complexity index is 631. The van der Waals surface area contributed by atoms with Crippen LogP contribution >= 0.6 is 0 Å². The van der Waals surface area contributed by atoms with Crippen LogP contribution in [0.2, 0.25) is 0 Å². The van der Waals surface area contributed by atoms with Crippen molar-refractivity contribution in [3.8, 4) is 0 Å². The lowest BCUT2D eigenvalue weighted by Crippen LogP contribution is -2.64. The molecule has 4 aliphatic rings. The van der Waals surface area contributed by atoms with Crippen LogP contribution in [-0.2, 0) is 14.4 Å². The largest absolute Gasteiger partial charge is 0.356 e. The lowest BCUT2D eigenvalue weighted by atomic mass is 9.76. The van der Waals surface area contributed by atoms with E-state index in [1.165, 1.54) is 19.3 Å². The minimum absolute atomic E-state index is 0.0282. The Balaban J connectivity index is 0.998. The summed E-state index contributed by atoms with van der Waals surface area (Å²) in [6.45, 7) is 2.65. The van der Waals surface area contributed by atoms with E-state index in [0.717, 1.165) is 64.5 Å². The fraction of sp³-hybridized carbons (Fsp3) is 0.913. The van der Waals surface area contributed by atoms with Gasteiger partial charge >= 0.3 is 0 Å². The van der Waals surface area contributed by atoms with Crippen molar-refractivity contribution in [3.63, 3.8) is 0 Å². The second-order valence-electron chi connectivity index (χ2n) is 9.99. The standard InChI is InChI=1S/C23H43N7O3/c31-19(11-7-12-20-27-22(30-33-20)18-10-3-4-13-24-18)25-14-5-6-15-26-21-16-8-1-2-9-17(16)23(32)29-28-21/h16-18,20-22,24,26-28,30H,1-15H2,(H,25,31)(H,29,32). The predicted octanol–water partition coefficient (Wildman–Crippen LogP) is 0.328. The third kappa shape index (κ3) is 7.34. The van der Waals surface area contributed by atoms with E-state index in [4.69, 9.17) is 4.84 Å². The molecule has 188 valence electrons. The topological polar surface area (TPSA) is 128 Å². The van der Waals surface area contributed by atoms with Crippen LogP contribution in [0.5, 0.6) is 0 Å². The number of rotatable bonds is 11. The number of unbranched alkanes of at least 4 members (excludes halogenated alkanes) is 1. The van der Waals surface area contributed by atoms with E-state index in [1.54, 1.807) is 0 Å². The van der Waals surface area contributed by atoms with E-state index in [-0.39, 0.29) is 36.3 Å². The van der Waals surface area contributed by atoms with Crippen LogP contribution in [0.25, 0.3) is 0 Å². The zero-order valence-corrected chi connectivity index (χ0v) is 19.8. The van der Waals surface area contributed by atoms with E-state index in [9.17, 15) is 9.59 Å². The number of piperidine rings is 1. The molecule has 4 rings (SSSR count). The van der Waals surface area contributed by atoms with E-state index in [1.807, 2.05) is 0 Å². The van der Waals surface area contributed by atoms with Gasteiger partial charge in [-0.05, 0) is 64.5 Å². The van der Waals surface area contributed by atoms with E-state index in [0.29, 0.717) is 24.9 Å². The molecular formula is C23H43N7O3. The quantitative estimate of drug-likeness (QED) is 0.218. The van der Waals surface area contributed by atoms with Crippen molar-refractivity contribution in [2.24, 2.45) is 11.8 Å². The maximum atomic E-state index is 12.1. The van der Waals surface area contributed by atoms with Crippen molar-refractivity contribution in [3.05, 3.63) is 0 Å². The minimum atomic E-state index is -0.0282. The summed E-state index contributed by atoms with van der Waals surface area (Å²) in [5.41, 5.74) is 9.07. The van der Waals surface area contributed by atoms with Crippen LogP contribution in [-0.4, -0.2) is 56.0 Å². The molecule has 0 aromatic heterocycles. The van der Waals surface area contributed by atoms with Crippen molar-refractivity contribution >= 4 is 11.8 Å². The van der Waals surface area contributed by atoms with Crippen LogP contribution in [0.3, 0.4) is 0 Å². The van der Waals surface area contributed by atoms with Gasteiger partial charge in [0, 0.05) is 30.8 Å². The average molecular weight is 466 g/mol. The molecule has 0 aromatic carbocycles. The van der Waals surface area contributed by atoms with Gasteiger partial charge in [0.1, 0.15) is 6.23 Å². The highest BCUT2D eigenvalue weighted by atomic mass is 16.7. The Morgan fingerprint density at radius 3 is 2.76 bits per heavy atom. The second-order valence-corrected chi connectivity index (χ2v) is 9.99. The van der Waals surface area contributed by atoms with Gasteiger partial charge in [0.25, 0.3) is 0 Å². The van der Waals surface area contributed by atoms with Gasteiger partial charge in [-0.1, -0.05) is 19.3 Å². The number of nitrogens with one attached hydrogen (secondary N) is 7. The van der Waals surface area contributed by atoms with Gasteiger partial charge in [0.2, 0.25) is 11.8 Å². The molecule has 4 fully saturated rings. The molecule has 7 N–H and O–H groups in total. The normalized spacial score (nSPS) is 34.5. The number of amides is 2. The third-order valence-corrected chi connectivity index (χ3v) is 7.55. The number of carbonyl (C=O) groups excluding carboxylic acids is 2. The van der Waals surface area contributed by atoms with Crippen LogP contribution in [0.15, 0.2) is 0 Å². The van der Waals surface area contributed by atoms with Gasteiger partial charge in [-0.25, -0.2) is 5.43 Å². The van der Waals surface area contributed by atoms with E-state index in [2.05, 4.69) is 37.6 Å². The lowest BCUT2D eigenvalue weighted by Gasteiger charge is -2.41. The Morgan fingerprint density at radius 1 is 1.03 bits per heavy atom. The molecule has 3 saturated heterocycles. The highest BCUT2D eigenvalue weighted by Crippen LogP contribution is 2.33. The summed E-state index contributed by atoms with van der Waals surface area (Å²) in [6, 6.07) is 0.415. The first kappa shape index (κ1) is 24.8. The van der Waals surface area contributed by atoms with Gasteiger partial charge in [-0.2, -0.15) is 5.48 Å². The summed E-state index contributed by atoms with van der Waals surface area (Å²) < 4.78 is 0. The summed E-state index contributed by atoms with van der Waals surface area (Å²) in [7, 11) is 0. The number of carbonyl (C=O) groups is 2. The van der Waals surface area contributed by atoms with Crippen LogP contribution < -0.4 is 37.6 Å². The van der Waals surface area contributed by atoms with Crippen LogP contribution in [0.1, 0.15) is 77.0 Å². The van der Waals surface area contributed by atoms with Crippen molar-refractivity contribution in [1.82, 2.24) is 37.6 Å². The Labute approximate surface area is 197 Å². The summed E-state index contributed by atoms with van der Waals surface area (Å²) in [6.07, 6.45) is 12.5. The van der Waals surface area contributed by atoms with Crippen LogP contribution in [0.4, 0.5) is 0 Å². The molecule has 0 spiro atoms. The molecule has 1 aliphatic carbocycles. The minimum Gasteiger partial charge on any atom is -0.356 e. The van der Waals surface area contributed by atoms with E-state index < -0.39 is 0 Å². The smallest absolute Gasteiger partial charge is 0.237 e. The highest BCUT2D eigenvalue weighted by Gasteiger charge is 2.39. The highest BCUT2D eigenvalue weighted by molar-refractivity contribution is 5.79. The van der Waals surface area contributed by atoms with Gasteiger partial charge in [-0.3, -0.25) is 25.2 Å². The van der Waals surface area contributed by atoms with Crippen molar-refractivity contribution < 1.29 is 14.4 Å². The van der Waals surface area contributed by atoms with Gasteiger partial charge in [0.05, 0.1) is 12.3 Å². The molecule has 0 bridgehead atoms. The summed E-state index contributed by atoms with van der Waals surface area (Å²) >= 11 is 0. The zero-order chi connectivity index (χ0) is 22.9. The molecule has 33 heavy (non-hydrogen) atoms. The Kier molecular flexibility index (Phi) is 9.75. The lowest BCUT2D eigenvalue weighted by molar-refractivity contribution is -0.134. The Hall–Kier alpha value is -1.30. The van der Waals surface area contributed by atoms with Crippen molar-refractivity contribution in [2.45, 2.75) is 102 Å². The van der Waals surface area contributed by atoms with Crippen molar-refractivity contribution in [1.29, 1.82) is 0 Å². The maximum absolute atomic E-state index is 12.1. The summed E-state index contributed by atoms with van der Waals surface area (Å²) in [4.78, 5) is 29.8. The molecule has 10 nitrogen and oxygen atoms in total. The number of hydrogen-bond acceptors (Lipinski definition) is 8. The number of hydroxylamine groups is 1. The number of hydrazine groups is 1. The third-order valence-electron chi connectivity index (χ3n) is 7.55. The molecule has 6 atom stereocenters. The second kappa shape index (κ2) is 13.0. The van der Waals surface area contributed by atoms with Gasteiger partial charge < -0.3 is 16.0 Å². The first-order valence-corrected chi connectivity index (χ1v) is 13.2. The average Bonchev–Trinajstić information content (AvgIpc) is 3.32. The first-order valence-electron chi connectivity index (χ1n) is 13.2. The molecule has 2 amide bonds. The fourth-order valence-corrected chi connectivity index (χ4v) is 5.63. The number of hydrogen-bond donors (Lipinski definition) is 7. The molecule has 6 unspecified atom stereocenters. The molecule has 3 heterocycles. The molecule has 10 heteroatoms. The SMILES string of the molecule is O=C(CCCC1NC(C2CCCCN2)NO1)NCCCCNC1NNC(=O)C2CCCCC12. The van der Waals surface area contributed by atoms with Crippen molar-refractivity contribution in [2.75, 3.05) is 19.6 Å². The fourth-order valence-electron chi connectivity index (χ4n) is 5.63. The monoisotopic (exact) mass is 465 g/mol. The zero-order valence-electron chi connectivity index (χ0n) is 19.8. The van der Waals surface area contributed by atoms with Gasteiger partial charge in [0.15, 0.2) is 0 Å². The predicted molar refractivity (Wildman–Crippen MR) is 125 cm³/mol. The van der Waals surface area contributed by atoms with Gasteiger partial charge in [-0.15, -0.1) is 0 Å². The van der Waals surface area contributed by atoms with E-state index >= 15 is 0 Å². The molecule has 0 radical (unpaired) electrons.